The lowest BCUT2D eigenvalue weighted by atomic mass is 9.86. The van der Waals surface area contributed by atoms with E-state index in [-0.39, 0.29) is 5.91 Å². The molecule has 3 heterocycles. The van der Waals surface area contributed by atoms with Gasteiger partial charge in [-0.3, -0.25) is 9.78 Å². The Hall–Kier alpha value is -2.95. The number of anilines is 1. The van der Waals surface area contributed by atoms with Crippen LogP contribution in [0.4, 0.5) is 5.69 Å². The van der Waals surface area contributed by atoms with Crippen molar-refractivity contribution in [2.45, 2.75) is 26.2 Å². The van der Waals surface area contributed by atoms with Crippen molar-refractivity contribution in [3.8, 4) is 16.8 Å². The number of likely N-dealkylation sites (N-methyl/N-ethyl adjacent to an activating group) is 1. The van der Waals surface area contributed by atoms with Crippen molar-refractivity contribution < 1.29 is 4.79 Å². The summed E-state index contributed by atoms with van der Waals surface area (Å²) < 4.78 is 1.84. The van der Waals surface area contributed by atoms with Crippen LogP contribution in [-0.2, 0) is 10.2 Å². The molecule has 0 saturated heterocycles. The molecule has 0 fully saturated rings. The number of aromatic nitrogens is 3. The maximum Gasteiger partial charge on any atom is 0.236 e. The van der Waals surface area contributed by atoms with Gasteiger partial charge in [0.05, 0.1) is 17.3 Å². The van der Waals surface area contributed by atoms with Crippen molar-refractivity contribution in [1.82, 2.24) is 14.8 Å². The molecule has 1 amide bonds. The van der Waals surface area contributed by atoms with E-state index in [1.807, 2.05) is 75.2 Å². The highest BCUT2D eigenvalue weighted by Crippen LogP contribution is 2.41. The van der Waals surface area contributed by atoms with Crippen molar-refractivity contribution in [2.75, 3.05) is 11.9 Å². The predicted molar refractivity (Wildman–Crippen MR) is 98.0 cm³/mol. The zero-order valence-electron chi connectivity index (χ0n) is 14.8. The van der Waals surface area contributed by atoms with Gasteiger partial charge in [0, 0.05) is 36.4 Å². The van der Waals surface area contributed by atoms with Crippen LogP contribution in [0.1, 0.15) is 25.1 Å². The third kappa shape index (κ3) is 2.35. The van der Waals surface area contributed by atoms with E-state index in [0.29, 0.717) is 0 Å². The second kappa shape index (κ2) is 5.28. The highest BCUT2D eigenvalue weighted by molar-refractivity contribution is 6.07. The minimum Gasteiger partial charge on any atom is -0.314 e. The second-order valence-electron chi connectivity index (χ2n) is 7.05. The first kappa shape index (κ1) is 15.6. The van der Waals surface area contributed by atoms with Gasteiger partial charge >= 0.3 is 0 Å². The van der Waals surface area contributed by atoms with Gasteiger partial charge in [-0.25, -0.2) is 4.68 Å². The van der Waals surface area contributed by atoms with Gasteiger partial charge in [0.25, 0.3) is 0 Å². The first-order valence-corrected chi connectivity index (χ1v) is 8.29. The highest BCUT2D eigenvalue weighted by Gasteiger charge is 2.42. The van der Waals surface area contributed by atoms with Crippen molar-refractivity contribution in [2.24, 2.45) is 0 Å². The first-order chi connectivity index (χ1) is 11.9. The number of hydrogen-bond donors (Lipinski definition) is 0. The molecule has 0 saturated carbocycles. The van der Waals surface area contributed by atoms with Gasteiger partial charge in [0.2, 0.25) is 5.91 Å². The zero-order valence-corrected chi connectivity index (χ0v) is 14.8. The fraction of sp³-hybridized carbons (Fsp3) is 0.250. The molecule has 0 unspecified atom stereocenters. The number of fused-ring (bicyclic) bond motifs is 1. The molecule has 0 radical (unpaired) electrons. The van der Waals surface area contributed by atoms with Crippen LogP contribution in [0.15, 0.2) is 48.9 Å². The number of carbonyl (C=O) groups is 1. The second-order valence-corrected chi connectivity index (χ2v) is 7.05. The van der Waals surface area contributed by atoms with Crippen molar-refractivity contribution in [1.29, 1.82) is 0 Å². The van der Waals surface area contributed by atoms with Crippen molar-refractivity contribution in [3.05, 3.63) is 60.2 Å². The molecule has 0 bridgehead atoms. The summed E-state index contributed by atoms with van der Waals surface area (Å²) >= 11 is 0. The molecule has 0 aliphatic carbocycles. The van der Waals surface area contributed by atoms with E-state index in [1.54, 1.807) is 11.1 Å². The molecule has 1 aliphatic rings. The van der Waals surface area contributed by atoms with Gasteiger partial charge in [0.15, 0.2) is 0 Å². The minimum absolute atomic E-state index is 0.119. The van der Waals surface area contributed by atoms with Crippen LogP contribution in [0.5, 0.6) is 0 Å². The Kier molecular flexibility index (Phi) is 3.29. The molecule has 1 aromatic carbocycles. The fourth-order valence-electron chi connectivity index (χ4n) is 3.45. The summed E-state index contributed by atoms with van der Waals surface area (Å²) in [7, 11) is 1.83. The Labute approximate surface area is 146 Å². The summed E-state index contributed by atoms with van der Waals surface area (Å²) in [6, 6.07) is 10.1. The Morgan fingerprint density at radius 3 is 2.64 bits per heavy atom. The van der Waals surface area contributed by atoms with Crippen LogP contribution in [0, 0.1) is 6.92 Å². The molecule has 5 heteroatoms. The number of amides is 1. The van der Waals surface area contributed by atoms with Gasteiger partial charge in [-0.1, -0.05) is 6.07 Å². The Morgan fingerprint density at radius 1 is 1.08 bits per heavy atom. The summed E-state index contributed by atoms with van der Waals surface area (Å²) in [4.78, 5) is 18.4. The van der Waals surface area contributed by atoms with Crippen LogP contribution < -0.4 is 4.90 Å². The van der Waals surface area contributed by atoms with Crippen LogP contribution in [0.3, 0.4) is 0 Å². The summed E-state index contributed by atoms with van der Waals surface area (Å²) in [5.41, 5.74) is 5.57. The summed E-state index contributed by atoms with van der Waals surface area (Å²) in [6.45, 7) is 5.91. The van der Waals surface area contributed by atoms with Crippen LogP contribution >= 0.6 is 0 Å². The van der Waals surface area contributed by atoms with E-state index in [0.717, 1.165) is 33.8 Å². The maximum atomic E-state index is 12.5. The molecule has 25 heavy (non-hydrogen) atoms. The van der Waals surface area contributed by atoms with Gasteiger partial charge in [-0.2, -0.15) is 5.10 Å². The first-order valence-electron chi connectivity index (χ1n) is 8.29. The van der Waals surface area contributed by atoms with E-state index < -0.39 is 5.41 Å². The molecule has 3 aromatic rings. The average molecular weight is 332 g/mol. The molecule has 0 atom stereocenters. The van der Waals surface area contributed by atoms with Gasteiger partial charge in [-0.15, -0.1) is 0 Å². The number of nitrogens with zero attached hydrogens (tertiary/aromatic N) is 4. The van der Waals surface area contributed by atoms with Crippen LogP contribution in [0.25, 0.3) is 16.8 Å². The van der Waals surface area contributed by atoms with Gasteiger partial charge < -0.3 is 4.90 Å². The number of hydrogen-bond acceptors (Lipinski definition) is 3. The molecule has 0 N–H and O–H groups in total. The third-order valence-electron chi connectivity index (χ3n) is 4.93. The van der Waals surface area contributed by atoms with E-state index in [2.05, 4.69) is 10.1 Å². The lowest BCUT2D eigenvalue weighted by Crippen LogP contribution is -2.33. The van der Waals surface area contributed by atoms with E-state index in [1.165, 1.54) is 0 Å². The molecule has 5 nitrogen and oxygen atoms in total. The number of rotatable bonds is 2. The Balaban J connectivity index is 1.74. The SMILES string of the molecule is Cc1cc(-c2cnn(-c3ccc4c(c3)N(C)C(=O)C4(C)C)c2)ccn1. The number of pyridine rings is 1. The summed E-state index contributed by atoms with van der Waals surface area (Å²) in [6.07, 6.45) is 5.65. The topological polar surface area (TPSA) is 51.0 Å². The summed E-state index contributed by atoms with van der Waals surface area (Å²) in [5.74, 6) is 0.119. The van der Waals surface area contributed by atoms with Gasteiger partial charge in [0.1, 0.15) is 0 Å². The van der Waals surface area contributed by atoms with Gasteiger partial charge in [-0.05, 0) is 56.2 Å². The number of benzene rings is 1. The smallest absolute Gasteiger partial charge is 0.236 e. The minimum atomic E-state index is -0.480. The van der Waals surface area contributed by atoms with Crippen LogP contribution in [-0.4, -0.2) is 27.7 Å². The number of aryl methyl sites for hydroxylation is 1. The third-order valence-corrected chi connectivity index (χ3v) is 4.93. The zero-order chi connectivity index (χ0) is 17.8. The fourth-order valence-corrected chi connectivity index (χ4v) is 3.45. The lowest BCUT2D eigenvalue weighted by molar-refractivity contribution is -0.121. The standard InChI is InChI=1S/C20H20N4O/c1-13-9-14(7-8-21-13)15-11-22-24(12-15)16-5-6-17-18(10-16)23(4)19(25)20(17,2)3/h5-12H,1-4H3. The predicted octanol–water partition coefficient (Wildman–Crippen LogP) is 3.50. The Bertz CT molecular complexity index is 987. The molecule has 126 valence electrons. The quantitative estimate of drug-likeness (QED) is 0.722. The van der Waals surface area contributed by atoms with E-state index >= 15 is 0 Å². The Morgan fingerprint density at radius 2 is 1.88 bits per heavy atom. The molecular formula is C20H20N4O. The molecular weight excluding hydrogens is 312 g/mol. The summed E-state index contributed by atoms with van der Waals surface area (Å²) in [5, 5.41) is 4.49. The van der Waals surface area contributed by atoms with Crippen molar-refractivity contribution >= 4 is 11.6 Å². The maximum absolute atomic E-state index is 12.5. The van der Waals surface area contributed by atoms with E-state index in [4.69, 9.17) is 0 Å². The monoisotopic (exact) mass is 332 g/mol. The van der Waals surface area contributed by atoms with Crippen molar-refractivity contribution in [3.63, 3.8) is 0 Å². The number of carbonyl (C=O) groups excluding carboxylic acids is 1. The molecule has 1 aliphatic heterocycles. The largest absolute Gasteiger partial charge is 0.314 e. The normalized spacial score (nSPS) is 15.5. The highest BCUT2D eigenvalue weighted by atomic mass is 16.2. The van der Waals surface area contributed by atoms with E-state index in [9.17, 15) is 4.79 Å². The van der Waals surface area contributed by atoms with Crippen LogP contribution in [0.2, 0.25) is 0 Å². The average Bonchev–Trinajstić information content (AvgIpc) is 3.15. The lowest BCUT2D eigenvalue weighted by Gasteiger charge is -2.16. The molecule has 4 rings (SSSR count). The molecule has 0 spiro atoms. The molecule has 2 aromatic heterocycles.